The second-order valence-corrected chi connectivity index (χ2v) is 8.88. The van der Waals surface area contributed by atoms with Crippen LogP contribution in [0.1, 0.15) is 52.0 Å². The van der Waals surface area contributed by atoms with E-state index in [4.69, 9.17) is 4.74 Å². The first-order valence-electron chi connectivity index (χ1n) is 9.52. The summed E-state index contributed by atoms with van der Waals surface area (Å²) in [5.41, 5.74) is 0.426. The predicted molar refractivity (Wildman–Crippen MR) is 107 cm³/mol. The van der Waals surface area contributed by atoms with Gasteiger partial charge in [-0.15, -0.1) is 11.8 Å². The van der Waals surface area contributed by atoms with Crippen LogP contribution in [0.2, 0.25) is 0 Å². The Morgan fingerprint density at radius 2 is 1.93 bits per heavy atom. The number of hydrogen-bond acceptors (Lipinski definition) is 4. The second-order valence-electron chi connectivity index (χ2n) is 8.03. The van der Waals surface area contributed by atoms with E-state index < -0.39 is 5.60 Å². The van der Waals surface area contributed by atoms with Gasteiger partial charge >= 0.3 is 6.09 Å². The number of thioether (sulfide) groups is 1. The van der Waals surface area contributed by atoms with Crippen molar-refractivity contribution in [3.63, 3.8) is 0 Å². The van der Waals surface area contributed by atoms with Gasteiger partial charge in [0, 0.05) is 30.3 Å². The number of carbonyl (C=O) groups is 2. The largest absolute Gasteiger partial charge is 0.444 e. The Morgan fingerprint density at radius 3 is 2.48 bits per heavy atom. The first-order valence-corrected chi connectivity index (χ1v) is 10.7. The highest BCUT2D eigenvalue weighted by atomic mass is 32.2. The van der Waals surface area contributed by atoms with Gasteiger partial charge < -0.3 is 9.64 Å². The molecule has 1 aliphatic rings. The zero-order valence-corrected chi connectivity index (χ0v) is 17.5. The maximum absolute atomic E-state index is 13.8. The number of rotatable bonds is 6. The van der Waals surface area contributed by atoms with E-state index in [0.29, 0.717) is 43.7 Å². The third kappa shape index (κ3) is 6.83. The minimum atomic E-state index is -0.503. The van der Waals surface area contributed by atoms with Crippen LogP contribution in [0.3, 0.4) is 0 Å². The highest BCUT2D eigenvalue weighted by molar-refractivity contribution is 7.98. The van der Waals surface area contributed by atoms with E-state index in [2.05, 4.69) is 0 Å². The fourth-order valence-electron chi connectivity index (χ4n) is 3.25. The molecule has 0 saturated carbocycles. The van der Waals surface area contributed by atoms with Crippen molar-refractivity contribution in [1.82, 2.24) is 4.90 Å². The molecule has 0 radical (unpaired) electrons. The number of hydrogen-bond donors (Lipinski definition) is 0. The molecule has 0 unspecified atom stereocenters. The van der Waals surface area contributed by atoms with Crippen molar-refractivity contribution < 1.29 is 18.7 Å². The highest BCUT2D eigenvalue weighted by Gasteiger charge is 2.29. The van der Waals surface area contributed by atoms with Crippen LogP contribution in [0.15, 0.2) is 23.1 Å². The summed E-state index contributed by atoms with van der Waals surface area (Å²) in [7, 11) is 0. The van der Waals surface area contributed by atoms with Crippen molar-refractivity contribution in [2.45, 2.75) is 63.4 Å². The van der Waals surface area contributed by atoms with Crippen LogP contribution >= 0.6 is 11.8 Å². The molecular weight excluding hydrogens is 365 g/mol. The van der Waals surface area contributed by atoms with Crippen molar-refractivity contribution in [3.8, 4) is 0 Å². The summed E-state index contributed by atoms with van der Waals surface area (Å²) in [6.07, 6.45) is 4.86. The number of carbonyl (C=O) groups excluding carboxylic acids is 2. The van der Waals surface area contributed by atoms with Crippen LogP contribution in [0.4, 0.5) is 9.18 Å². The molecular formula is C21H30FNO3S. The Kier molecular flexibility index (Phi) is 7.71. The number of ketones is 1. The number of ether oxygens (including phenoxy) is 1. The van der Waals surface area contributed by atoms with Crippen LogP contribution in [-0.2, 0) is 16.0 Å². The molecule has 0 atom stereocenters. The Labute approximate surface area is 165 Å². The van der Waals surface area contributed by atoms with Crippen molar-refractivity contribution in [2.75, 3.05) is 19.3 Å². The molecule has 1 amide bonds. The van der Waals surface area contributed by atoms with Crippen molar-refractivity contribution in [1.29, 1.82) is 0 Å². The summed E-state index contributed by atoms with van der Waals surface area (Å²) in [6.45, 7) is 6.67. The number of likely N-dealkylation sites (tertiary alicyclic amines) is 1. The molecule has 1 aromatic rings. The Balaban J connectivity index is 1.73. The lowest BCUT2D eigenvalue weighted by Gasteiger charge is -2.33. The topological polar surface area (TPSA) is 46.6 Å². The Hall–Kier alpha value is -1.56. The van der Waals surface area contributed by atoms with Gasteiger partial charge in [-0.2, -0.15) is 0 Å². The molecule has 1 fully saturated rings. The van der Waals surface area contributed by atoms with E-state index in [1.165, 1.54) is 11.8 Å². The maximum Gasteiger partial charge on any atom is 0.410 e. The number of amides is 1. The lowest BCUT2D eigenvalue weighted by molar-refractivity contribution is -0.124. The number of aryl methyl sites for hydroxylation is 1. The molecule has 1 saturated heterocycles. The number of nitrogens with zero attached hydrogens (tertiary/aromatic N) is 1. The van der Waals surface area contributed by atoms with Gasteiger partial charge in [-0.25, -0.2) is 9.18 Å². The van der Waals surface area contributed by atoms with Crippen LogP contribution in [0.25, 0.3) is 0 Å². The summed E-state index contributed by atoms with van der Waals surface area (Å²) >= 11 is 1.39. The minimum absolute atomic E-state index is 0.0132. The molecule has 4 nitrogen and oxygen atoms in total. The fraction of sp³-hybridized carbons (Fsp3) is 0.619. The fourth-order valence-corrected chi connectivity index (χ4v) is 3.70. The number of halogens is 1. The molecule has 0 aromatic heterocycles. The minimum Gasteiger partial charge on any atom is -0.444 e. The predicted octanol–water partition coefficient (Wildman–Crippen LogP) is 5.09. The van der Waals surface area contributed by atoms with Crippen LogP contribution in [0, 0.1) is 11.7 Å². The molecule has 0 N–H and O–H groups in total. The van der Waals surface area contributed by atoms with E-state index in [9.17, 15) is 14.0 Å². The molecule has 2 rings (SSSR count). The lowest BCUT2D eigenvalue weighted by atomic mass is 9.90. The zero-order chi connectivity index (χ0) is 20.0. The van der Waals surface area contributed by atoms with Crippen molar-refractivity contribution >= 4 is 23.6 Å². The summed E-state index contributed by atoms with van der Waals surface area (Å²) in [5, 5.41) is 0. The molecule has 0 spiro atoms. The number of piperidine rings is 1. The molecule has 1 heterocycles. The quantitative estimate of drug-likeness (QED) is 0.630. The Morgan fingerprint density at radius 1 is 1.26 bits per heavy atom. The summed E-state index contributed by atoms with van der Waals surface area (Å²) in [6, 6.07) is 5.29. The maximum atomic E-state index is 13.8. The van der Waals surface area contributed by atoms with Crippen LogP contribution in [0.5, 0.6) is 0 Å². The monoisotopic (exact) mass is 395 g/mol. The van der Waals surface area contributed by atoms with E-state index in [1.807, 2.05) is 33.1 Å². The third-order valence-corrected chi connectivity index (χ3v) is 5.48. The number of benzene rings is 1. The molecule has 6 heteroatoms. The third-order valence-electron chi connectivity index (χ3n) is 4.71. The molecule has 1 aliphatic heterocycles. The average molecular weight is 396 g/mol. The van der Waals surface area contributed by atoms with Gasteiger partial charge in [-0.3, -0.25) is 4.79 Å². The first-order chi connectivity index (χ1) is 12.7. The van der Waals surface area contributed by atoms with Gasteiger partial charge in [0.2, 0.25) is 0 Å². The van der Waals surface area contributed by atoms with Gasteiger partial charge in [-0.1, -0.05) is 6.07 Å². The van der Waals surface area contributed by atoms with Crippen molar-refractivity contribution in [2.24, 2.45) is 5.92 Å². The van der Waals surface area contributed by atoms with Crippen LogP contribution in [-0.4, -0.2) is 41.7 Å². The molecule has 150 valence electrons. The first kappa shape index (κ1) is 21.7. The normalized spacial score (nSPS) is 15.7. The van der Waals surface area contributed by atoms with E-state index in [-0.39, 0.29) is 23.6 Å². The smallest absolute Gasteiger partial charge is 0.410 e. The van der Waals surface area contributed by atoms with Gasteiger partial charge in [0.15, 0.2) is 0 Å². The van der Waals surface area contributed by atoms with Gasteiger partial charge in [0.05, 0.1) is 0 Å². The standard InChI is InChI=1S/C21H30FNO3S/c1-21(2,3)26-20(25)23-12-10-16(11-13-23)18(24)7-5-6-15-8-9-19(27-4)17(22)14-15/h8-9,14,16H,5-7,10-13H2,1-4H3. The van der Waals surface area contributed by atoms with Gasteiger partial charge in [-0.05, 0) is 70.4 Å². The van der Waals surface area contributed by atoms with Crippen molar-refractivity contribution in [3.05, 3.63) is 29.6 Å². The van der Waals surface area contributed by atoms with Crippen LogP contribution < -0.4 is 0 Å². The van der Waals surface area contributed by atoms with Gasteiger partial charge in [0.25, 0.3) is 0 Å². The summed E-state index contributed by atoms with van der Waals surface area (Å²) < 4.78 is 19.2. The lowest BCUT2D eigenvalue weighted by Crippen LogP contribution is -2.42. The van der Waals surface area contributed by atoms with Gasteiger partial charge in [0.1, 0.15) is 17.2 Å². The SMILES string of the molecule is CSc1ccc(CCCC(=O)C2CCN(C(=O)OC(C)(C)C)CC2)cc1F. The Bertz CT molecular complexity index is 664. The summed E-state index contributed by atoms with van der Waals surface area (Å²) in [5.74, 6) is 0.0696. The molecule has 0 bridgehead atoms. The highest BCUT2D eigenvalue weighted by Crippen LogP contribution is 2.23. The molecule has 27 heavy (non-hydrogen) atoms. The zero-order valence-electron chi connectivity index (χ0n) is 16.7. The van der Waals surface area contributed by atoms with E-state index in [0.717, 1.165) is 12.0 Å². The van der Waals surface area contributed by atoms with E-state index >= 15 is 0 Å². The second kappa shape index (κ2) is 9.58. The molecule has 1 aromatic carbocycles. The van der Waals surface area contributed by atoms with E-state index in [1.54, 1.807) is 17.0 Å². The molecule has 0 aliphatic carbocycles. The summed E-state index contributed by atoms with van der Waals surface area (Å²) in [4.78, 5) is 26.9. The average Bonchev–Trinajstić information content (AvgIpc) is 2.60. The number of Topliss-reactive ketones (excluding diaryl/α,β-unsaturated/α-hetero) is 1.